The zero-order valence-corrected chi connectivity index (χ0v) is 17.6. The van der Waals surface area contributed by atoms with Crippen LogP contribution in [0.25, 0.3) is 0 Å². The van der Waals surface area contributed by atoms with Gasteiger partial charge in [-0.2, -0.15) is 8.42 Å². The van der Waals surface area contributed by atoms with Gasteiger partial charge in [0, 0.05) is 12.1 Å². The van der Waals surface area contributed by atoms with Crippen LogP contribution in [0.2, 0.25) is 0 Å². The first-order valence-corrected chi connectivity index (χ1v) is 11.1. The highest BCUT2D eigenvalue weighted by Crippen LogP contribution is 2.61. The van der Waals surface area contributed by atoms with Crippen molar-refractivity contribution in [3.8, 4) is 0 Å². The molecule has 4 aliphatic rings. The fourth-order valence-electron chi connectivity index (χ4n) is 5.30. The summed E-state index contributed by atoms with van der Waals surface area (Å²) in [5, 5.41) is 10.8. The zero-order chi connectivity index (χ0) is 22.5. The summed E-state index contributed by atoms with van der Waals surface area (Å²) in [5.74, 6) is -3.47. The second-order valence-electron chi connectivity index (χ2n) is 7.95. The smallest absolute Gasteiger partial charge is 0.310 e. The van der Waals surface area contributed by atoms with E-state index in [0.717, 1.165) is 24.3 Å². The van der Waals surface area contributed by atoms with Crippen LogP contribution in [0.5, 0.6) is 0 Å². The first-order valence-electron chi connectivity index (χ1n) is 9.71. The molecule has 0 spiro atoms. The highest BCUT2D eigenvalue weighted by atomic mass is 32.2. The van der Waals surface area contributed by atoms with Gasteiger partial charge in [-0.3, -0.25) is 23.9 Å². The minimum Gasteiger partial charge on any atom is -0.469 e. The lowest BCUT2D eigenvalue weighted by atomic mass is 9.45. The van der Waals surface area contributed by atoms with Crippen LogP contribution >= 0.6 is 0 Å². The van der Waals surface area contributed by atoms with Crippen molar-refractivity contribution < 1.29 is 36.6 Å². The van der Waals surface area contributed by atoms with Crippen molar-refractivity contribution in [2.24, 2.45) is 35.5 Å². The Morgan fingerprint density at radius 3 is 2.10 bits per heavy atom. The molecular weight excluding hydrogens is 430 g/mol. The lowest BCUT2D eigenvalue weighted by molar-refractivity contribution is -0.384. The maximum atomic E-state index is 12.7. The average Bonchev–Trinajstić information content (AvgIpc) is 2.75. The van der Waals surface area contributed by atoms with E-state index in [-0.39, 0.29) is 28.3 Å². The number of esters is 2. The first-order chi connectivity index (χ1) is 14.7. The molecular formula is C20H21NO9S. The molecule has 0 unspecified atom stereocenters. The van der Waals surface area contributed by atoms with Crippen LogP contribution < -0.4 is 0 Å². The number of carbonyl (C=O) groups excluding carboxylic acids is 2. The molecule has 2 fully saturated rings. The third kappa shape index (κ3) is 3.41. The van der Waals surface area contributed by atoms with Crippen molar-refractivity contribution in [2.75, 3.05) is 14.2 Å². The van der Waals surface area contributed by atoms with E-state index in [0.29, 0.717) is 6.42 Å². The molecule has 0 amide bonds. The predicted octanol–water partition coefficient (Wildman–Crippen LogP) is 1.70. The molecule has 0 radical (unpaired) electrons. The lowest BCUT2D eigenvalue weighted by Gasteiger charge is -2.59. The van der Waals surface area contributed by atoms with E-state index in [1.165, 1.54) is 14.2 Å². The van der Waals surface area contributed by atoms with E-state index in [2.05, 4.69) is 0 Å². The monoisotopic (exact) mass is 451 g/mol. The Bertz CT molecular complexity index is 1050. The number of methoxy groups -OCH3 is 2. The number of non-ortho nitro benzene ring substituents is 1. The van der Waals surface area contributed by atoms with Gasteiger partial charge in [-0.05, 0) is 42.2 Å². The van der Waals surface area contributed by atoms with E-state index in [1.54, 1.807) is 0 Å². The van der Waals surface area contributed by atoms with Crippen LogP contribution in [0.15, 0.2) is 41.3 Å². The summed E-state index contributed by atoms with van der Waals surface area (Å²) >= 11 is 0. The quantitative estimate of drug-likeness (QED) is 0.208. The number of allylic oxidation sites excluding steroid dienone is 2. The van der Waals surface area contributed by atoms with E-state index in [4.69, 9.17) is 13.7 Å². The van der Waals surface area contributed by atoms with Crippen LogP contribution in [0, 0.1) is 45.6 Å². The molecule has 4 aliphatic carbocycles. The van der Waals surface area contributed by atoms with Gasteiger partial charge in [0.2, 0.25) is 0 Å². The van der Waals surface area contributed by atoms with E-state index in [1.807, 2.05) is 12.2 Å². The summed E-state index contributed by atoms with van der Waals surface area (Å²) in [5.41, 5.74) is -0.229. The van der Waals surface area contributed by atoms with Gasteiger partial charge < -0.3 is 9.47 Å². The first kappa shape index (κ1) is 21.4. The molecule has 2 saturated carbocycles. The Hall–Kier alpha value is -2.79. The Balaban J connectivity index is 1.57. The number of carbonyl (C=O) groups is 2. The molecule has 0 heterocycles. The molecule has 0 saturated heterocycles. The zero-order valence-electron chi connectivity index (χ0n) is 16.7. The molecule has 166 valence electrons. The fourth-order valence-corrected chi connectivity index (χ4v) is 6.41. The summed E-state index contributed by atoms with van der Waals surface area (Å²) in [6.45, 7) is 0. The van der Waals surface area contributed by atoms with Crippen molar-refractivity contribution >= 4 is 27.7 Å². The standard InChI is InChI=1S/C20H21NO9S/c1-28-19(22)17-12-7-8-13(18(17)20(23)29-2)16-14(12)9-15(16)30-31(26,27)11-5-3-10(4-6-11)21(24)25/h3-8,12-18H,9H2,1-2H3/t12-,13+,14-,15+,16-,17+,18-/m0/s1. The van der Waals surface area contributed by atoms with Crippen LogP contribution in [0.1, 0.15) is 6.42 Å². The van der Waals surface area contributed by atoms with Crippen LogP contribution in [-0.4, -0.2) is 45.6 Å². The SMILES string of the molecule is COC(=O)[C@@H]1[C@H]2C=C[C@@H]([C@@H]1C(=O)OC)[C@H]1[C@H]2C[C@H]1OS(=O)(=O)c1ccc([N+](=O)[O-])cc1. The van der Waals surface area contributed by atoms with Gasteiger partial charge in [0.15, 0.2) is 0 Å². The molecule has 2 bridgehead atoms. The Morgan fingerprint density at radius 2 is 1.55 bits per heavy atom. The highest BCUT2D eigenvalue weighted by molar-refractivity contribution is 7.86. The molecule has 0 N–H and O–H groups in total. The van der Waals surface area contributed by atoms with Crippen molar-refractivity contribution in [1.82, 2.24) is 0 Å². The average molecular weight is 451 g/mol. The highest BCUT2D eigenvalue weighted by Gasteiger charge is 2.64. The largest absolute Gasteiger partial charge is 0.469 e. The number of rotatable bonds is 6. The molecule has 7 atom stereocenters. The van der Waals surface area contributed by atoms with Gasteiger partial charge in [0.25, 0.3) is 15.8 Å². The topological polar surface area (TPSA) is 139 Å². The van der Waals surface area contributed by atoms with E-state index >= 15 is 0 Å². The molecule has 1 aromatic carbocycles. The molecule has 31 heavy (non-hydrogen) atoms. The van der Waals surface area contributed by atoms with Gasteiger partial charge in [-0.1, -0.05) is 12.2 Å². The summed E-state index contributed by atoms with van der Waals surface area (Å²) < 4.78 is 40.7. The molecule has 0 aliphatic heterocycles. The van der Waals surface area contributed by atoms with Gasteiger partial charge in [0.05, 0.1) is 42.0 Å². The maximum absolute atomic E-state index is 12.7. The third-order valence-corrected chi connectivity index (χ3v) is 8.02. The Kier molecular flexibility index (Phi) is 5.34. The molecule has 1 aromatic rings. The lowest BCUT2D eigenvalue weighted by Crippen LogP contribution is -2.63. The summed E-state index contributed by atoms with van der Waals surface area (Å²) in [6.07, 6.45) is 3.46. The van der Waals surface area contributed by atoms with E-state index in [9.17, 15) is 28.1 Å². The predicted molar refractivity (Wildman–Crippen MR) is 104 cm³/mol. The number of nitro benzene ring substituents is 1. The van der Waals surface area contributed by atoms with E-state index < -0.39 is 50.8 Å². The number of benzene rings is 1. The second-order valence-corrected chi connectivity index (χ2v) is 9.53. The minimum absolute atomic E-state index is 0.0166. The Morgan fingerprint density at radius 1 is 1.00 bits per heavy atom. The molecule has 5 rings (SSSR count). The van der Waals surface area contributed by atoms with Crippen molar-refractivity contribution in [3.05, 3.63) is 46.5 Å². The summed E-state index contributed by atoms with van der Waals surface area (Å²) in [7, 11) is -1.65. The number of hydrogen-bond donors (Lipinski definition) is 0. The van der Waals surface area contributed by atoms with Crippen LogP contribution in [0.4, 0.5) is 5.69 Å². The number of fused-ring (bicyclic) bond motifs is 1. The summed E-state index contributed by atoms with van der Waals surface area (Å²) in [4.78, 5) is 34.9. The summed E-state index contributed by atoms with van der Waals surface area (Å²) in [6, 6.07) is 4.45. The molecule has 10 nitrogen and oxygen atoms in total. The normalized spacial score (nSPS) is 33.2. The number of hydrogen-bond acceptors (Lipinski definition) is 9. The maximum Gasteiger partial charge on any atom is 0.310 e. The van der Waals surface area contributed by atoms with Gasteiger partial charge in [-0.25, -0.2) is 0 Å². The number of nitrogens with zero attached hydrogens (tertiary/aromatic N) is 1. The van der Waals surface area contributed by atoms with Gasteiger partial charge in [-0.15, -0.1) is 0 Å². The minimum atomic E-state index is -4.16. The number of nitro groups is 1. The van der Waals surface area contributed by atoms with Crippen molar-refractivity contribution in [3.63, 3.8) is 0 Å². The molecule has 11 heteroatoms. The second kappa shape index (κ2) is 7.72. The van der Waals surface area contributed by atoms with Crippen LogP contribution in [-0.2, 0) is 33.4 Å². The third-order valence-electron chi connectivity index (χ3n) is 6.67. The fraction of sp³-hybridized carbons (Fsp3) is 0.500. The number of ether oxygens (including phenoxy) is 2. The Labute approximate surface area is 178 Å². The van der Waals surface area contributed by atoms with Crippen molar-refractivity contribution in [2.45, 2.75) is 17.4 Å². The molecule has 0 aromatic heterocycles. The van der Waals surface area contributed by atoms with Gasteiger partial charge in [0.1, 0.15) is 0 Å². The van der Waals surface area contributed by atoms with Gasteiger partial charge >= 0.3 is 11.9 Å². The van der Waals surface area contributed by atoms with Crippen molar-refractivity contribution in [1.29, 1.82) is 0 Å². The van der Waals surface area contributed by atoms with Crippen LogP contribution in [0.3, 0.4) is 0 Å².